The SMILES string of the molecule is CC(C)[C@H](NC(=O)[C@@H](CCC(=O)O)NC(=O)[C@H](CCCCN)NC(=O)CNC(=O)[C@H](Cc1c[nH]c2ccccc12)NC(=O)[C@H](CCCN=C(N)N)NC(=O)[C@H](Cc1ccccc1)NC(=O)[C@@H](N)Cc1cnc[nH]1)C(N)=O. The van der Waals surface area contributed by atoms with E-state index in [-0.39, 0.29) is 64.0 Å². The number of aliphatic carboxylic acids is 1. The monoisotopic (exact) mass is 1060 g/mol. The molecule has 2 aromatic carbocycles. The number of aromatic nitrogens is 3. The van der Waals surface area contributed by atoms with Crippen LogP contribution < -0.4 is 65.9 Å². The van der Waals surface area contributed by atoms with E-state index in [1.165, 1.54) is 12.5 Å². The van der Waals surface area contributed by atoms with Crippen LogP contribution in [0.15, 0.2) is 78.3 Å². The number of carboxylic acids is 1. The molecule has 4 rings (SSSR count). The van der Waals surface area contributed by atoms with E-state index < -0.39 is 114 Å². The van der Waals surface area contributed by atoms with E-state index in [0.29, 0.717) is 29.7 Å². The first-order chi connectivity index (χ1) is 36.3. The minimum atomic E-state index is -1.45. The highest BCUT2D eigenvalue weighted by Gasteiger charge is 2.33. The molecule has 0 radical (unpaired) electrons. The molecule has 0 aliphatic rings. The maximum absolute atomic E-state index is 14.5. The lowest BCUT2D eigenvalue weighted by molar-refractivity contribution is -0.138. The van der Waals surface area contributed by atoms with Crippen LogP contribution in [0.4, 0.5) is 0 Å². The Morgan fingerprint density at radius 2 is 1.25 bits per heavy atom. The third-order valence-electron chi connectivity index (χ3n) is 12.1. The highest BCUT2D eigenvalue weighted by atomic mass is 16.4. The first kappa shape index (κ1) is 60.2. The second kappa shape index (κ2) is 30.7. The van der Waals surface area contributed by atoms with Gasteiger partial charge in [0.25, 0.3) is 0 Å². The molecule has 2 heterocycles. The van der Waals surface area contributed by atoms with Gasteiger partial charge in [0, 0.05) is 61.2 Å². The number of rotatable bonds is 33. The minimum absolute atomic E-state index is 0.0109. The third-order valence-corrected chi connectivity index (χ3v) is 12.1. The van der Waals surface area contributed by atoms with Crippen molar-refractivity contribution in [2.24, 2.45) is 39.6 Å². The molecular formula is C50H72N16O10. The number of aliphatic imine (C=N–C) groups is 1. The van der Waals surface area contributed by atoms with Crippen LogP contribution in [0.2, 0.25) is 0 Å². The number of carboxylic acid groups (broad SMARTS) is 1. The lowest BCUT2D eigenvalue weighted by Gasteiger charge is -2.26. The molecule has 0 aliphatic carbocycles. The molecule has 2 aromatic heterocycles. The predicted molar refractivity (Wildman–Crippen MR) is 281 cm³/mol. The van der Waals surface area contributed by atoms with Crippen molar-refractivity contribution in [1.82, 2.24) is 52.2 Å². The standard InChI is InChI=1S/C50H72N16O10/c1-28(2)42(43(53)70)66-48(75)37(17-18-41(68)69)63-46(73)35(15-8-9-19-51)61-40(67)26-59-45(72)39(22-30-24-58-34-14-7-6-13-32(30)34)65-47(74)36(16-10-20-57-50(54)55)62-49(76)38(21-29-11-4-3-5-12-29)64-44(71)33(52)23-31-25-56-27-60-31/h3-7,11-14,24-25,27-28,33,35-39,42,58H,8-10,15-23,26,51-52H2,1-2H3,(H2,53,70)(H,56,60)(H,59,72)(H,61,67)(H,62,76)(H,63,73)(H,64,71)(H,65,74)(H,66,75)(H,68,69)(H4,54,55,57)/t33-,35-,36-,37+,38-,39-,42-/m0/s1. The summed E-state index contributed by atoms with van der Waals surface area (Å²) in [7, 11) is 0. The van der Waals surface area contributed by atoms with Gasteiger partial charge in [-0.1, -0.05) is 62.4 Å². The fourth-order valence-electron chi connectivity index (χ4n) is 8.04. The number of primary amides is 1. The molecule has 0 bridgehead atoms. The van der Waals surface area contributed by atoms with Crippen LogP contribution in [0.25, 0.3) is 10.9 Å². The number of nitrogens with zero attached hydrogens (tertiary/aromatic N) is 2. The number of carbonyl (C=O) groups is 9. The zero-order chi connectivity index (χ0) is 55.7. The molecule has 0 saturated heterocycles. The van der Waals surface area contributed by atoms with Crippen molar-refractivity contribution in [1.29, 1.82) is 0 Å². The molecule has 412 valence electrons. The van der Waals surface area contributed by atoms with Gasteiger partial charge < -0.3 is 81.0 Å². The fourth-order valence-corrected chi connectivity index (χ4v) is 8.04. The van der Waals surface area contributed by atoms with Crippen LogP contribution in [-0.2, 0) is 62.4 Å². The molecule has 7 atom stereocenters. The largest absolute Gasteiger partial charge is 0.481 e. The summed E-state index contributed by atoms with van der Waals surface area (Å²) in [5, 5.41) is 28.4. The summed E-state index contributed by atoms with van der Waals surface area (Å²) in [6, 6.07) is 7.16. The number of aromatic amines is 2. The lowest BCUT2D eigenvalue weighted by atomic mass is 10.0. The number of nitrogens with two attached hydrogens (primary N) is 5. The molecule has 0 unspecified atom stereocenters. The number of fused-ring (bicyclic) bond motifs is 1. The molecule has 26 heteroatoms. The minimum Gasteiger partial charge on any atom is -0.481 e. The Bertz CT molecular complexity index is 2600. The third kappa shape index (κ3) is 20.1. The molecule has 0 spiro atoms. The molecule has 0 aliphatic heterocycles. The van der Waals surface area contributed by atoms with Crippen LogP contribution in [0.5, 0.6) is 0 Å². The number of guanidine groups is 1. The molecule has 0 saturated carbocycles. The maximum atomic E-state index is 14.5. The van der Waals surface area contributed by atoms with Gasteiger partial charge in [0.1, 0.15) is 36.3 Å². The molecule has 4 aromatic rings. The average Bonchev–Trinajstić information content (AvgIpc) is 4.06. The van der Waals surface area contributed by atoms with Gasteiger partial charge in [0.2, 0.25) is 47.3 Å². The second-order valence-corrected chi connectivity index (χ2v) is 18.5. The van der Waals surface area contributed by atoms with Crippen molar-refractivity contribution < 1.29 is 48.3 Å². The van der Waals surface area contributed by atoms with Crippen molar-refractivity contribution in [2.45, 2.75) is 120 Å². The van der Waals surface area contributed by atoms with Crippen LogP contribution in [0, 0.1) is 5.92 Å². The first-order valence-corrected chi connectivity index (χ1v) is 24.9. The number of hydrogen-bond acceptors (Lipinski definition) is 13. The second-order valence-electron chi connectivity index (χ2n) is 18.5. The van der Waals surface area contributed by atoms with Crippen LogP contribution in [-0.4, -0.2) is 141 Å². The summed E-state index contributed by atoms with van der Waals surface area (Å²) < 4.78 is 0. The predicted octanol–water partition coefficient (Wildman–Crippen LogP) is -2.54. The van der Waals surface area contributed by atoms with Crippen molar-refractivity contribution >= 4 is 70.1 Å². The maximum Gasteiger partial charge on any atom is 0.303 e. The summed E-state index contributed by atoms with van der Waals surface area (Å²) in [6.45, 7) is 2.88. The number of unbranched alkanes of at least 4 members (excludes halogenated alkanes) is 1. The number of amides is 8. The smallest absolute Gasteiger partial charge is 0.303 e. The van der Waals surface area contributed by atoms with Gasteiger partial charge in [-0.05, 0) is 68.2 Å². The van der Waals surface area contributed by atoms with E-state index in [1.807, 2.05) is 18.2 Å². The number of H-pyrrole nitrogens is 2. The van der Waals surface area contributed by atoms with Gasteiger partial charge in [-0.3, -0.25) is 48.1 Å². The van der Waals surface area contributed by atoms with Crippen LogP contribution >= 0.6 is 0 Å². The molecular weight excluding hydrogens is 985 g/mol. The number of hydrogen-bond donors (Lipinski definition) is 15. The fraction of sp³-hybridized carbons (Fsp3) is 0.460. The molecule has 20 N–H and O–H groups in total. The van der Waals surface area contributed by atoms with Gasteiger partial charge >= 0.3 is 5.97 Å². The zero-order valence-electron chi connectivity index (χ0n) is 42.6. The van der Waals surface area contributed by atoms with Gasteiger partial charge in [-0.25, -0.2) is 4.98 Å². The number of para-hydroxylation sites is 1. The van der Waals surface area contributed by atoms with E-state index >= 15 is 0 Å². The molecule has 0 fully saturated rings. The van der Waals surface area contributed by atoms with Crippen molar-refractivity contribution in [3.8, 4) is 0 Å². The Labute approximate surface area is 439 Å². The quantitative estimate of drug-likeness (QED) is 0.0133. The van der Waals surface area contributed by atoms with Crippen molar-refractivity contribution in [3.63, 3.8) is 0 Å². The first-order valence-electron chi connectivity index (χ1n) is 24.9. The number of benzene rings is 2. The van der Waals surface area contributed by atoms with E-state index in [1.54, 1.807) is 56.4 Å². The Kier molecular flexibility index (Phi) is 24.3. The number of carbonyl (C=O) groups excluding carboxylic acids is 8. The number of nitrogens with one attached hydrogen (secondary N) is 9. The topological polar surface area (TPSA) is 445 Å². The normalized spacial score (nSPS) is 13.9. The summed E-state index contributed by atoms with van der Waals surface area (Å²) in [6.07, 6.45) is 4.65. The summed E-state index contributed by atoms with van der Waals surface area (Å²) in [5.74, 6) is -8.35. The zero-order valence-corrected chi connectivity index (χ0v) is 42.6. The Morgan fingerprint density at radius 3 is 1.88 bits per heavy atom. The highest BCUT2D eigenvalue weighted by molar-refractivity contribution is 5.97. The van der Waals surface area contributed by atoms with Crippen molar-refractivity contribution in [2.75, 3.05) is 19.6 Å². The van der Waals surface area contributed by atoms with E-state index in [4.69, 9.17) is 28.7 Å². The highest BCUT2D eigenvalue weighted by Crippen LogP contribution is 2.20. The Morgan fingerprint density at radius 1 is 0.658 bits per heavy atom. The average molecular weight is 1060 g/mol. The lowest BCUT2D eigenvalue weighted by Crippen LogP contribution is -2.59. The van der Waals surface area contributed by atoms with Gasteiger partial charge in [0.15, 0.2) is 5.96 Å². The summed E-state index contributed by atoms with van der Waals surface area (Å²) in [5.41, 5.74) is 31.1. The molecule has 76 heavy (non-hydrogen) atoms. The van der Waals surface area contributed by atoms with Crippen LogP contribution in [0.3, 0.4) is 0 Å². The van der Waals surface area contributed by atoms with Crippen LogP contribution in [0.1, 0.15) is 75.6 Å². The summed E-state index contributed by atoms with van der Waals surface area (Å²) >= 11 is 0. The van der Waals surface area contributed by atoms with Gasteiger partial charge in [-0.2, -0.15) is 0 Å². The van der Waals surface area contributed by atoms with Gasteiger partial charge in [-0.15, -0.1) is 0 Å². The molecule has 8 amide bonds. The Hall–Kier alpha value is -8.39. The van der Waals surface area contributed by atoms with Gasteiger partial charge in [0.05, 0.1) is 18.9 Å². The van der Waals surface area contributed by atoms with E-state index in [2.05, 4.69) is 57.2 Å². The number of imidazole rings is 1. The summed E-state index contributed by atoms with van der Waals surface area (Å²) in [4.78, 5) is 135. The molecule has 26 nitrogen and oxygen atoms in total. The Balaban J connectivity index is 1.58. The van der Waals surface area contributed by atoms with E-state index in [0.717, 1.165) is 10.9 Å². The van der Waals surface area contributed by atoms with Crippen molar-refractivity contribution in [3.05, 3.63) is 90.1 Å². The van der Waals surface area contributed by atoms with E-state index in [9.17, 15) is 48.3 Å².